The Labute approximate surface area is 186 Å². The Bertz CT molecular complexity index is 1340. The number of hydrogen-bond acceptors (Lipinski definition) is 5. The van der Waals surface area contributed by atoms with Crippen molar-refractivity contribution in [3.63, 3.8) is 0 Å². The van der Waals surface area contributed by atoms with Gasteiger partial charge in [-0.2, -0.15) is 0 Å². The second kappa shape index (κ2) is 8.53. The summed E-state index contributed by atoms with van der Waals surface area (Å²) < 4.78 is 28.4. The van der Waals surface area contributed by atoms with E-state index in [-0.39, 0.29) is 10.7 Å². The van der Waals surface area contributed by atoms with Crippen molar-refractivity contribution >= 4 is 50.0 Å². The Kier molecular flexibility index (Phi) is 5.80. The first-order valence-corrected chi connectivity index (χ1v) is 11.6. The molecule has 0 aliphatic rings. The fourth-order valence-electron chi connectivity index (χ4n) is 3.07. The van der Waals surface area contributed by atoms with Crippen LogP contribution in [0, 0.1) is 0 Å². The molecule has 8 heteroatoms. The van der Waals surface area contributed by atoms with Crippen LogP contribution in [0.15, 0.2) is 77.7 Å². The van der Waals surface area contributed by atoms with Gasteiger partial charge in [-0.3, -0.25) is 4.72 Å². The molecule has 0 fully saturated rings. The van der Waals surface area contributed by atoms with Gasteiger partial charge in [0, 0.05) is 10.7 Å². The SMILES string of the molecule is CC(C)c1ccc(Nc2nc3ccccc3nc2NS(=O)(=O)c2cccc(Cl)c2)cc1. The molecule has 0 aliphatic heterocycles. The van der Waals surface area contributed by atoms with E-state index in [0.29, 0.717) is 27.8 Å². The number of anilines is 3. The molecule has 158 valence electrons. The molecule has 0 aliphatic carbocycles. The van der Waals surface area contributed by atoms with E-state index in [1.807, 2.05) is 42.5 Å². The number of nitrogens with zero attached hydrogens (tertiary/aromatic N) is 2. The van der Waals surface area contributed by atoms with Crippen LogP contribution in [0.4, 0.5) is 17.3 Å². The fourth-order valence-corrected chi connectivity index (χ4v) is 4.38. The van der Waals surface area contributed by atoms with Crippen LogP contribution >= 0.6 is 11.6 Å². The van der Waals surface area contributed by atoms with Crippen LogP contribution in [-0.2, 0) is 10.0 Å². The van der Waals surface area contributed by atoms with Crippen molar-refractivity contribution < 1.29 is 8.42 Å². The quantitative estimate of drug-likeness (QED) is 0.377. The fraction of sp³-hybridized carbons (Fsp3) is 0.130. The van der Waals surface area contributed by atoms with Crippen molar-refractivity contribution in [2.24, 2.45) is 0 Å². The van der Waals surface area contributed by atoms with Gasteiger partial charge < -0.3 is 5.32 Å². The molecule has 0 radical (unpaired) electrons. The van der Waals surface area contributed by atoms with Crippen molar-refractivity contribution in [1.82, 2.24) is 9.97 Å². The van der Waals surface area contributed by atoms with E-state index in [4.69, 9.17) is 11.6 Å². The monoisotopic (exact) mass is 452 g/mol. The van der Waals surface area contributed by atoms with Crippen molar-refractivity contribution in [3.05, 3.63) is 83.4 Å². The number of halogens is 1. The van der Waals surface area contributed by atoms with E-state index in [2.05, 4.69) is 33.9 Å². The zero-order valence-corrected chi connectivity index (χ0v) is 18.6. The van der Waals surface area contributed by atoms with Gasteiger partial charge >= 0.3 is 0 Å². The molecular formula is C23H21ClN4O2S. The van der Waals surface area contributed by atoms with Crippen molar-refractivity contribution in [2.75, 3.05) is 10.0 Å². The van der Waals surface area contributed by atoms with Gasteiger partial charge in [-0.05, 0) is 53.9 Å². The molecule has 2 N–H and O–H groups in total. The van der Waals surface area contributed by atoms with E-state index in [1.165, 1.54) is 17.7 Å². The molecule has 0 spiro atoms. The molecule has 4 aromatic rings. The van der Waals surface area contributed by atoms with Gasteiger partial charge in [0.2, 0.25) is 0 Å². The minimum atomic E-state index is -3.91. The first-order chi connectivity index (χ1) is 14.8. The van der Waals surface area contributed by atoms with Crippen molar-refractivity contribution in [3.8, 4) is 0 Å². The lowest BCUT2D eigenvalue weighted by atomic mass is 10.0. The van der Waals surface area contributed by atoms with Crippen LogP contribution < -0.4 is 10.0 Å². The molecule has 0 amide bonds. The normalized spacial score (nSPS) is 11.6. The van der Waals surface area contributed by atoms with E-state index in [9.17, 15) is 8.42 Å². The summed E-state index contributed by atoms with van der Waals surface area (Å²) in [6.07, 6.45) is 0. The van der Waals surface area contributed by atoms with Crippen molar-refractivity contribution in [1.29, 1.82) is 0 Å². The van der Waals surface area contributed by atoms with Gasteiger partial charge in [0.25, 0.3) is 10.0 Å². The lowest BCUT2D eigenvalue weighted by Gasteiger charge is -2.14. The predicted molar refractivity (Wildman–Crippen MR) is 126 cm³/mol. The lowest BCUT2D eigenvalue weighted by molar-refractivity contribution is 0.601. The van der Waals surface area contributed by atoms with Crippen LogP contribution in [0.5, 0.6) is 0 Å². The molecule has 1 heterocycles. The number of sulfonamides is 1. The van der Waals surface area contributed by atoms with Crippen molar-refractivity contribution in [2.45, 2.75) is 24.7 Å². The summed E-state index contributed by atoms with van der Waals surface area (Å²) in [5.74, 6) is 0.822. The average molecular weight is 453 g/mol. The van der Waals surface area contributed by atoms with Gasteiger partial charge in [-0.25, -0.2) is 18.4 Å². The zero-order chi connectivity index (χ0) is 22.0. The number of para-hydroxylation sites is 2. The van der Waals surface area contributed by atoms with E-state index in [1.54, 1.807) is 18.2 Å². The molecule has 0 saturated carbocycles. The number of nitrogens with one attached hydrogen (secondary N) is 2. The van der Waals surface area contributed by atoms with E-state index >= 15 is 0 Å². The Morgan fingerprint density at radius 2 is 1.48 bits per heavy atom. The molecule has 31 heavy (non-hydrogen) atoms. The van der Waals surface area contributed by atoms with Crippen LogP contribution in [0.2, 0.25) is 5.02 Å². The van der Waals surface area contributed by atoms with Gasteiger partial charge in [0.1, 0.15) is 0 Å². The van der Waals surface area contributed by atoms with Gasteiger partial charge in [0.05, 0.1) is 15.9 Å². The minimum absolute atomic E-state index is 0.0437. The number of rotatable bonds is 6. The predicted octanol–water partition coefficient (Wildman–Crippen LogP) is 5.95. The number of benzene rings is 3. The maximum absolute atomic E-state index is 12.9. The summed E-state index contributed by atoms with van der Waals surface area (Å²) in [4.78, 5) is 9.14. The minimum Gasteiger partial charge on any atom is -0.337 e. The second-order valence-electron chi connectivity index (χ2n) is 7.37. The third-order valence-corrected chi connectivity index (χ3v) is 6.32. The number of fused-ring (bicyclic) bond motifs is 1. The number of hydrogen-bond donors (Lipinski definition) is 2. The van der Waals surface area contributed by atoms with Gasteiger partial charge in [-0.1, -0.05) is 55.8 Å². The first-order valence-electron chi connectivity index (χ1n) is 9.74. The maximum atomic E-state index is 12.9. The molecule has 3 aromatic carbocycles. The summed E-state index contributed by atoms with van der Waals surface area (Å²) >= 11 is 5.97. The second-order valence-corrected chi connectivity index (χ2v) is 9.49. The third kappa shape index (κ3) is 4.78. The molecule has 4 rings (SSSR count). The third-order valence-electron chi connectivity index (χ3n) is 4.75. The van der Waals surface area contributed by atoms with Crippen LogP contribution in [0.25, 0.3) is 11.0 Å². The summed E-state index contributed by atoms with van der Waals surface area (Å²) in [7, 11) is -3.91. The highest BCUT2D eigenvalue weighted by atomic mass is 35.5. The summed E-state index contributed by atoms with van der Waals surface area (Å²) in [6, 6.07) is 21.3. The largest absolute Gasteiger partial charge is 0.337 e. The molecule has 6 nitrogen and oxygen atoms in total. The average Bonchev–Trinajstić information content (AvgIpc) is 2.74. The van der Waals surface area contributed by atoms with Crippen LogP contribution in [0.1, 0.15) is 25.3 Å². The smallest absolute Gasteiger partial charge is 0.263 e. The van der Waals surface area contributed by atoms with Crippen LogP contribution in [0.3, 0.4) is 0 Å². The van der Waals surface area contributed by atoms with Crippen LogP contribution in [-0.4, -0.2) is 18.4 Å². The Morgan fingerprint density at radius 1 is 0.839 bits per heavy atom. The lowest BCUT2D eigenvalue weighted by Crippen LogP contribution is -2.16. The highest BCUT2D eigenvalue weighted by molar-refractivity contribution is 7.92. The topological polar surface area (TPSA) is 84.0 Å². The standard InChI is InChI=1S/C23H21ClN4O2S/c1-15(2)16-10-12-18(13-11-16)25-22-23(27-21-9-4-3-8-20(21)26-22)28-31(29,30)19-7-5-6-17(24)14-19/h3-15H,1-2H3,(H,25,26)(H,27,28). The van der Waals surface area contributed by atoms with E-state index in [0.717, 1.165) is 5.69 Å². The Morgan fingerprint density at radius 3 is 2.10 bits per heavy atom. The zero-order valence-electron chi connectivity index (χ0n) is 17.0. The molecule has 0 atom stereocenters. The number of aromatic nitrogens is 2. The highest BCUT2D eigenvalue weighted by Crippen LogP contribution is 2.28. The molecule has 0 saturated heterocycles. The molecule has 0 unspecified atom stereocenters. The summed E-state index contributed by atoms with van der Waals surface area (Å²) in [5, 5.41) is 3.52. The van der Waals surface area contributed by atoms with Gasteiger partial charge in [0.15, 0.2) is 11.6 Å². The Balaban J connectivity index is 1.74. The maximum Gasteiger partial charge on any atom is 0.263 e. The molecule has 0 bridgehead atoms. The Hall–Kier alpha value is -3.16. The first kappa shape index (κ1) is 21.1. The van der Waals surface area contributed by atoms with E-state index < -0.39 is 10.0 Å². The van der Waals surface area contributed by atoms with Gasteiger partial charge in [-0.15, -0.1) is 0 Å². The molecular weight excluding hydrogens is 432 g/mol. The highest BCUT2D eigenvalue weighted by Gasteiger charge is 2.19. The summed E-state index contributed by atoms with van der Waals surface area (Å²) in [5.41, 5.74) is 3.20. The molecule has 1 aromatic heterocycles. The summed E-state index contributed by atoms with van der Waals surface area (Å²) in [6.45, 7) is 4.25.